The predicted molar refractivity (Wildman–Crippen MR) is 110 cm³/mol. The molecule has 32 heavy (non-hydrogen) atoms. The number of nitrogens with one attached hydrogen (secondary N) is 3. The first-order valence-corrected chi connectivity index (χ1v) is 10.4. The first kappa shape index (κ1) is 22.7. The van der Waals surface area contributed by atoms with E-state index in [4.69, 9.17) is 0 Å². The molecule has 2 amide bonds. The van der Waals surface area contributed by atoms with Crippen LogP contribution in [0.5, 0.6) is 0 Å². The number of halogens is 3. The van der Waals surface area contributed by atoms with Crippen molar-refractivity contribution in [1.82, 2.24) is 4.98 Å². The molecular weight excluding hydrogens is 449 g/mol. The second-order valence-corrected chi connectivity index (χ2v) is 8.04. The van der Waals surface area contributed by atoms with Crippen molar-refractivity contribution in [3.8, 4) is 0 Å². The molecule has 3 N–H and O–H groups in total. The van der Waals surface area contributed by atoms with E-state index in [2.05, 4.69) is 15.6 Å². The van der Waals surface area contributed by atoms with Crippen LogP contribution in [-0.4, -0.2) is 25.2 Å². The van der Waals surface area contributed by atoms with Crippen LogP contribution in [0.15, 0.2) is 59.6 Å². The zero-order valence-electron chi connectivity index (χ0n) is 16.3. The number of benzene rings is 2. The summed E-state index contributed by atoms with van der Waals surface area (Å²) >= 11 is 0. The van der Waals surface area contributed by atoms with Gasteiger partial charge in [-0.2, -0.15) is 0 Å². The Balaban J connectivity index is 1.87. The molecule has 0 bridgehead atoms. The first-order valence-electron chi connectivity index (χ1n) is 8.89. The highest BCUT2D eigenvalue weighted by Crippen LogP contribution is 2.26. The van der Waals surface area contributed by atoms with Crippen molar-refractivity contribution >= 4 is 39.0 Å². The van der Waals surface area contributed by atoms with Crippen LogP contribution in [0, 0.1) is 17.5 Å². The van der Waals surface area contributed by atoms with E-state index in [0.29, 0.717) is 6.07 Å². The van der Waals surface area contributed by atoms with Gasteiger partial charge in [0, 0.05) is 6.92 Å². The lowest BCUT2D eigenvalue weighted by Gasteiger charge is -2.13. The lowest BCUT2D eigenvalue weighted by atomic mass is 10.1. The van der Waals surface area contributed by atoms with Crippen LogP contribution in [0.4, 0.5) is 30.4 Å². The maximum Gasteiger partial charge on any atom is 0.264 e. The van der Waals surface area contributed by atoms with E-state index >= 15 is 0 Å². The Morgan fingerprint density at radius 1 is 0.906 bits per heavy atom. The molecule has 3 rings (SSSR count). The van der Waals surface area contributed by atoms with Gasteiger partial charge in [0.2, 0.25) is 5.91 Å². The number of nitrogens with zero attached hydrogens (tertiary/aromatic N) is 1. The SMILES string of the molecule is CC(=O)Nc1ccc(NC(=O)c2c(F)ccc(NS(=O)(=O)c3ccccc3F)c2F)cn1. The molecule has 0 saturated carbocycles. The second-order valence-electron chi connectivity index (χ2n) is 6.39. The Kier molecular flexibility index (Phi) is 6.44. The van der Waals surface area contributed by atoms with Gasteiger partial charge in [0.15, 0.2) is 5.82 Å². The van der Waals surface area contributed by atoms with E-state index < -0.39 is 49.5 Å². The Labute approximate surface area is 180 Å². The minimum absolute atomic E-state index is 0.0558. The third-order valence-electron chi connectivity index (χ3n) is 4.01. The van der Waals surface area contributed by atoms with Crippen LogP contribution >= 0.6 is 0 Å². The van der Waals surface area contributed by atoms with Gasteiger partial charge in [-0.3, -0.25) is 14.3 Å². The van der Waals surface area contributed by atoms with Gasteiger partial charge in [-0.25, -0.2) is 26.6 Å². The molecule has 0 atom stereocenters. The van der Waals surface area contributed by atoms with Gasteiger partial charge in [-0.15, -0.1) is 0 Å². The summed E-state index contributed by atoms with van der Waals surface area (Å²) in [5.41, 5.74) is -1.76. The number of anilines is 3. The lowest BCUT2D eigenvalue weighted by molar-refractivity contribution is -0.114. The van der Waals surface area contributed by atoms with E-state index in [1.54, 1.807) is 0 Å². The zero-order valence-corrected chi connectivity index (χ0v) is 17.1. The van der Waals surface area contributed by atoms with Crippen molar-refractivity contribution in [3.05, 3.63) is 77.7 Å². The highest BCUT2D eigenvalue weighted by molar-refractivity contribution is 7.92. The fourth-order valence-corrected chi connectivity index (χ4v) is 3.76. The molecule has 0 aliphatic carbocycles. The molecule has 0 aliphatic heterocycles. The smallest absolute Gasteiger partial charge is 0.264 e. The summed E-state index contributed by atoms with van der Waals surface area (Å²) in [5.74, 6) is -5.22. The van der Waals surface area contributed by atoms with Crippen molar-refractivity contribution in [2.45, 2.75) is 11.8 Å². The number of rotatable bonds is 6. The van der Waals surface area contributed by atoms with Gasteiger partial charge in [0.1, 0.15) is 27.9 Å². The minimum atomic E-state index is -4.56. The van der Waals surface area contributed by atoms with Crippen LogP contribution in [0.25, 0.3) is 0 Å². The van der Waals surface area contributed by atoms with E-state index in [1.807, 2.05) is 4.72 Å². The summed E-state index contributed by atoms with van der Waals surface area (Å²) < 4.78 is 69.5. The maximum absolute atomic E-state index is 14.9. The summed E-state index contributed by atoms with van der Waals surface area (Å²) in [6, 6.07) is 8.54. The van der Waals surface area contributed by atoms with Crippen LogP contribution in [0.2, 0.25) is 0 Å². The van der Waals surface area contributed by atoms with Gasteiger partial charge in [-0.1, -0.05) is 12.1 Å². The minimum Gasteiger partial charge on any atom is -0.320 e. The molecule has 1 heterocycles. The maximum atomic E-state index is 14.9. The molecule has 0 aliphatic rings. The molecule has 2 aromatic carbocycles. The lowest BCUT2D eigenvalue weighted by Crippen LogP contribution is -2.20. The molecule has 0 spiro atoms. The quantitative estimate of drug-likeness (QED) is 0.516. The van der Waals surface area contributed by atoms with E-state index in [9.17, 15) is 31.2 Å². The number of hydrogen-bond acceptors (Lipinski definition) is 5. The third-order valence-corrected chi connectivity index (χ3v) is 5.41. The molecule has 0 fully saturated rings. The summed E-state index contributed by atoms with van der Waals surface area (Å²) in [5, 5.41) is 4.63. The summed E-state index contributed by atoms with van der Waals surface area (Å²) in [6.45, 7) is 1.27. The van der Waals surface area contributed by atoms with Gasteiger partial charge < -0.3 is 10.6 Å². The van der Waals surface area contributed by atoms with Crippen molar-refractivity contribution in [2.24, 2.45) is 0 Å². The number of aromatic nitrogens is 1. The van der Waals surface area contributed by atoms with Crippen LogP contribution < -0.4 is 15.4 Å². The molecule has 1 aromatic heterocycles. The number of sulfonamides is 1. The normalized spacial score (nSPS) is 11.0. The fourth-order valence-electron chi connectivity index (χ4n) is 2.62. The molecule has 0 unspecified atom stereocenters. The van der Waals surface area contributed by atoms with Gasteiger partial charge in [0.25, 0.3) is 15.9 Å². The standard InChI is InChI=1S/C20H15F3N4O4S/c1-11(28)25-17-9-6-12(10-24-17)26-20(29)18-14(22)7-8-15(19(18)23)27-32(30,31)16-5-3-2-4-13(16)21/h2-10,27H,1H3,(H,26,29)(H,24,25,28). The molecule has 3 aromatic rings. The largest absolute Gasteiger partial charge is 0.320 e. The van der Waals surface area contributed by atoms with E-state index in [0.717, 1.165) is 24.4 Å². The zero-order chi connectivity index (χ0) is 23.5. The molecule has 0 radical (unpaired) electrons. The van der Waals surface area contributed by atoms with E-state index in [-0.39, 0.29) is 17.4 Å². The summed E-state index contributed by atoms with van der Waals surface area (Å²) in [7, 11) is -4.56. The Morgan fingerprint density at radius 3 is 2.25 bits per heavy atom. The van der Waals surface area contributed by atoms with Crippen LogP contribution in [0.3, 0.4) is 0 Å². The number of hydrogen-bond donors (Lipinski definition) is 3. The summed E-state index contributed by atoms with van der Waals surface area (Å²) in [4.78, 5) is 26.5. The van der Waals surface area contributed by atoms with Crippen molar-refractivity contribution in [2.75, 3.05) is 15.4 Å². The number of carbonyl (C=O) groups excluding carboxylic acids is 2. The molecule has 8 nitrogen and oxygen atoms in total. The fraction of sp³-hybridized carbons (Fsp3) is 0.0500. The Bertz CT molecular complexity index is 1300. The highest BCUT2D eigenvalue weighted by atomic mass is 32.2. The van der Waals surface area contributed by atoms with Crippen LogP contribution in [-0.2, 0) is 14.8 Å². The van der Waals surface area contributed by atoms with Crippen molar-refractivity contribution in [3.63, 3.8) is 0 Å². The van der Waals surface area contributed by atoms with E-state index in [1.165, 1.54) is 31.2 Å². The van der Waals surface area contributed by atoms with Crippen molar-refractivity contribution in [1.29, 1.82) is 0 Å². The summed E-state index contributed by atoms with van der Waals surface area (Å²) in [6.07, 6.45) is 1.14. The van der Waals surface area contributed by atoms with Gasteiger partial charge >= 0.3 is 0 Å². The molecule has 12 heteroatoms. The number of pyridine rings is 1. The monoisotopic (exact) mass is 464 g/mol. The average Bonchev–Trinajstić information content (AvgIpc) is 2.71. The highest BCUT2D eigenvalue weighted by Gasteiger charge is 2.25. The van der Waals surface area contributed by atoms with Crippen LogP contribution in [0.1, 0.15) is 17.3 Å². The first-order chi connectivity index (χ1) is 15.1. The second kappa shape index (κ2) is 9.06. The van der Waals surface area contributed by atoms with Gasteiger partial charge in [-0.05, 0) is 36.4 Å². The molecule has 166 valence electrons. The number of amides is 2. The predicted octanol–water partition coefficient (Wildman–Crippen LogP) is 3.51. The Morgan fingerprint density at radius 2 is 1.62 bits per heavy atom. The topological polar surface area (TPSA) is 117 Å². The third kappa shape index (κ3) is 5.03. The molecular formula is C20H15F3N4O4S. The average molecular weight is 464 g/mol. The number of carbonyl (C=O) groups is 2. The van der Waals surface area contributed by atoms with Gasteiger partial charge in [0.05, 0.1) is 17.6 Å². The van der Waals surface area contributed by atoms with Crippen molar-refractivity contribution < 1.29 is 31.2 Å². The Hall–Kier alpha value is -3.93. The molecule has 0 saturated heterocycles.